The fourth-order valence-corrected chi connectivity index (χ4v) is 0.938. The molecule has 1 aromatic heterocycles. The molecule has 1 aromatic rings. The fourth-order valence-electron chi connectivity index (χ4n) is 0.938. The number of nitrogens with two attached hydrogens (primary N) is 1. The summed E-state index contributed by atoms with van der Waals surface area (Å²) < 4.78 is 1.68. The fraction of sp³-hybridized carbons (Fsp3) is 0.429. The number of hydrogen-bond donors (Lipinski definition) is 3. The molecule has 0 aliphatic rings. The lowest BCUT2D eigenvalue weighted by Gasteiger charge is -2.00. The Labute approximate surface area is 75.3 Å². The second-order valence-electron chi connectivity index (χ2n) is 2.59. The number of amides is 1. The molecule has 0 radical (unpaired) electrons. The summed E-state index contributed by atoms with van der Waals surface area (Å²) in [4.78, 5) is 10.1. The van der Waals surface area contributed by atoms with Crippen LogP contribution < -0.4 is 11.1 Å². The molecule has 6 heteroatoms. The van der Waals surface area contributed by atoms with E-state index in [1.54, 1.807) is 16.9 Å². The predicted octanol–water partition coefficient (Wildman–Crippen LogP) is 0.123. The molecule has 0 unspecified atom stereocenters. The first-order chi connectivity index (χ1) is 6.18. The Hall–Kier alpha value is -1.72. The highest BCUT2D eigenvalue weighted by Gasteiger charge is 1.95. The molecule has 0 aliphatic heterocycles. The first-order valence-electron chi connectivity index (χ1n) is 3.94. The molecule has 0 saturated carbocycles. The van der Waals surface area contributed by atoms with Crippen LogP contribution in [0.1, 0.15) is 6.42 Å². The molecule has 1 rings (SSSR count). The van der Waals surface area contributed by atoms with E-state index >= 15 is 0 Å². The van der Waals surface area contributed by atoms with Gasteiger partial charge in [-0.2, -0.15) is 5.10 Å². The second kappa shape index (κ2) is 4.34. The average Bonchev–Trinajstić information content (AvgIpc) is 2.45. The van der Waals surface area contributed by atoms with E-state index < -0.39 is 6.09 Å². The molecule has 72 valence electrons. The lowest BCUT2D eigenvalue weighted by Crippen LogP contribution is -2.22. The lowest BCUT2D eigenvalue weighted by molar-refractivity contribution is 0.194. The summed E-state index contributed by atoms with van der Waals surface area (Å²) in [6, 6.07) is 1.70. The first kappa shape index (κ1) is 9.37. The lowest BCUT2D eigenvalue weighted by atomic mass is 10.4. The number of anilines is 1. The molecule has 6 nitrogen and oxygen atoms in total. The van der Waals surface area contributed by atoms with Gasteiger partial charge in [0.25, 0.3) is 0 Å². The van der Waals surface area contributed by atoms with E-state index in [0.29, 0.717) is 25.3 Å². The third-order valence-corrected chi connectivity index (χ3v) is 1.50. The van der Waals surface area contributed by atoms with Gasteiger partial charge >= 0.3 is 6.09 Å². The van der Waals surface area contributed by atoms with Crippen LogP contribution >= 0.6 is 0 Å². The molecule has 0 aliphatic carbocycles. The Kier molecular flexibility index (Phi) is 3.13. The van der Waals surface area contributed by atoms with Crippen molar-refractivity contribution in [3.63, 3.8) is 0 Å². The molecule has 0 bridgehead atoms. The summed E-state index contributed by atoms with van der Waals surface area (Å²) in [5.41, 5.74) is 5.39. The molecular weight excluding hydrogens is 172 g/mol. The van der Waals surface area contributed by atoms with Crippen LogP contribution in [0.15, 0.2) is 12.3 Å². The quantitative estimate of drug-likeness (QED) is 0.579. The predicted molar refractivity (Wildman–Crippen MR) is 47.3 cm³/mol. The van der Waals surface area contributed by atoms with Crippen molar-refractivity contribution in [1.82, 2.24) is 15.1 Å². The minimum Gasteiger partial charge on any atom is -0.465 e. The summed E-state index contributed by atoms with van der Waals surface area (Å²) in [6.45, 7) is 1.09. The van der Waals surface area contributed by atoms with E-state index in [1.165, 1.54) is 0 Å². The summed E-state index contributed by atoms with van der Waals surface area (Å²) in [5.74, 6) is 0.478. The maximum absolute atomic E-state index is 10.1. The monoisotopic (exact) mass is 184 g/mol. The van der Waals surface area contributed by atoms with Crippen molar-refractivity contribution in [2.24, 2.45) is 0 Å². The van der Waals surface area contributed by atoms with Crippen LogP contribution in [0.3, 0.4) is 0 Å². The number of carboxylic acid groups (broad SMARTS) is 1. The van der Waals surface area contributed by atoms with Crippen molar-refractivity contribution in [2.45, 2.75) is 13.0 Å². The van der Waals surface area contributed by atoms with Gasteiger partial charge in [-0.05, 0) is 12.5 Å². The average molecular weight is 184 g/mol. The minimum atomic E-state index is -1.00. The van der Waals surface area contributed by atoms with Crippen molar-refractivity contribution in [2.75, 3.05) is 12.3 Å². The molecule has 13 heavy (non-hydrogen) atoms. The van der Waals surface area contributed by atoms with Gasteiger partial charge in [-0.15, -0.1) is 0 Å². The van der Waals surface area contributed by atoms with Crippen LogP contribution in [0, 0.1) is 0 Å². The van der Waals surface area contributed by atoms with E-state index in [9.17, 15) is 4.79 Å². The van der Waals surface area contributed by atoms with Gasteiger partial charge in [0.15, 0.2) is 0 Å². The van der Waals surface area contributed by atoms with Crippen LogP contribution in [0.2, 0.25) is 0 Å². The van der Waals surface area contributed by atoms with Crippen LogP contribution in [-0.4, -0.2) is 27.5 Å². The summed E-state index contributed by atoms with van der Waals surface area (Å²) in [5, 5.41) is 14.5. The van der Waals surface area contributed by atoms with E-state index in [2.05, 4.69) is 10.4 Å². The van der Waals surface area contributed by atoms with Crippen LogP contribution in [0.5, 0.6) is 0 Å². The van der Waals surface area contributed by atoms with E-state index in [0.717, 1.165) is 0 Å². The highest BCUT2D eigenvalue weighted by atomic mass is 16.4. The largest absolute Gasteiger partial charge is 0.465 e. The molecule has 1 amide bonds. The van der Waals surface area contributed by atoms with Gasteiger partial charge in [0, 0.05) is 19.3 Å². The number of nitrogens with zero attached hydrogens (tertiary/aromatic N) is 2. The zero-order valence-corrected chi connectivity index (χ0v) is 7.10. The first-order valence-corrected chi connectivity index (χ1v) is 3.94. The van der Waals surface area contributed by atoms with Gasteiger partial charge in [0.1, 0.15) is 5.82 Å². The molecule has 4 N–H and O–H groups in total. The molecule has 1 heterocycles. The van der Waals surface area contributed by atoms with E-state index in [1.807, 2.05) is 0 Å². The van der Waals surface area contributed by atoms with E-state index in [-0.39, 0.29) is 0 Å². The molecule has 0 fully saturated rings. The zero-order valence-electron chi connectivity index (χ0n) is 7.10. The molecule has 0 spiro atoms. The summed E-state index contributed by atoms with van der Waals surface area (Å²) in [6.07, 6.45) is 1.46. The van der Waals surface area contributed by atoms with Crippen molar-refractivity contribution in [1.29, 1.82) is 0 Å². The van der Waals surface area contributed by atoms with Crippen molar-refractivity contribution in [3.05, 3.63) is 12.3 Å². The van der Waals surface area contributed by atoms with Crippen LogP contribution in [0.4, 0.5) is 10.6 Å². The number of nitrogen functional groups attached to an aromatic ring is 1. The maximum atomic E-state index is 10.1. The maximum Gasteiger partial charge on any atom is 0.404 e. The Morgan fingerprint density at radius 3 is 3.08 bits per heavy atom. The smallest absolute Gasteiger partial charge is 0.404 e. The van der Waals surface area contributed by atoms with E-state index in [4.69, 9.17) is 10.8 Å². The number of nitrogens with one attached hydrogen (secondary N) is 1. The Bertz CT molecular complexity index is 284. The summed E-state index contributed by atoms with van der Waals surface area (Å²) >= 11 is 0. The number of aromatic nitrogens is 2. The van der Waals surface area contributed by atoms with Crippen molar-refractivity contribution in [3.8, 4) is 0 Å². The van der Waals surface area contributed by atoms with Crippen molar-refractivity contribution < 1.29 is 9.90 Å². The Morgan fingerprint density at radius 1 is 1.77 bits per heavy atom. The third kappa shape index (κ3) is 3.46. The minimum absolute atomic E-state index is 0.426. The van der Waals surface area contributed by atoms with Gasteiger partial charge in [0.05, 0.1) is 0 Å². The molecule has 0 atom stereocenters. The molecular formula is C7H12N4O2. The standard InChI is InChI=1S/C7H12N4O2/c8-6-2-5-11(10-6)4-1-3-9-7(12)13/h2,5,9H,1,3-4H2,(H2,8,10)(H,12,13). The van der Waals surface area contributed by atoms with Gasteiger partial charge < -0.3 is 16.2 Å². The molecule has 0 saturated heterocycles. The highest BCUT2D eigenvalue weighted by molar-refractivity contribution is 5.64. The third-order valence-electron chi connectivity index (χ3n) is 1.50. The number of carbonyl (C=O) groups is 1. The SMILES string of the molecule is Nc1ccn(CCCNC(=O)O)n1. The highest BCUT2D eigenvalue weighted by Crippen LogP contribution is 1.96. The normalized spacial score (nSPS) is 9.85. The zero-order chi connectivity index (χ0) is 9.68. The Morgan fingerprint density at radius 2 is 2.54 bits per heavy atom. The van der Waals surface area contributed by atoms with Crippen molar-refractivity contribution >= 4 is 11.9 Å². The van der Waals surface area contributed by atoms with Crippen LogP contribution in [-0.2, 0) is 6.54 Å². The van der Waals surface area contributed by atoms with Crippen LogP contribution in [0.25, 0.3) is 0 Å². The summed E-state index contributed by atoms with van der Waals surface area (Å²) in [7, 11) is 0. The molecule has 0 aromatic carbocycles. The van der Waals surface area contributed by atoms with Gasteiger partial charge in [-0.3, -0.25) is 4.68 Å². The Balaban J connectivity index is 2.16. The van der Waals surface area contributed by atoms with Gasteiger partial charge in [-0.1, -0.05) is 0 Å². The number of rotatable bonds is 4. The number of aryl methyl sites for hydroxylation is 1. The van der Waals surface area contributed by atoms with Gasteiger partial charge in [-0.25, -0.2) is 4.79 Å². The second-order valence-corrected chi connectivity index (χ2v) is 2.59. The number of hydrogen-bond acceptors (Lipinski definition) is 3. The van der Waals surface area contributed by atoms with Gasteiger partial charge in [0.2, 0.25) is 0 Å². The topological polar surface area (TPSA) is 93.2 Å².